The van der Waals surface area contributed by atoms with Gasteiger partial charge in [0.1, 0.15) is 0 Å². The van der Waals surface area contributed by atoms with Gasteiger partial charge in [0.05, 0.1) is 17.8 Å². The summed E-state index contributed by atoms with van der Waals surface area (Å²) < 4.78 is 1.80. The van der Waals surface area contributed by atoms with Crippen LogP contribution in [0.15, 0.2) is 30.3 Å². The Balaban J connectivity index is 2.43. The minimum Gasteiger partial charge on any atom is -0.481 e. The minimum absolute atomic E-state index is 0.0951. The maximum Gasteiger partial charge on any atom is 0.305 e. The van der Waals surface area contributed by atoms with Crippen molar-refractivity contribution >= 4 is 5.97 Å². The van der Waals surface area contributed by atoms with E-state index in [4.69, 9.17) is 10.8 Å². The quantitative estimate of drug-likeness (QED) is 0.879. The van der Waals surface area contributed by atoms with Crippen molar-refractivity contribution < 1.29 is 9.90 Å². The van der Waals surface area contributed by atoms with Gasteiger partial charge in [0.25, 0.3) is 0 Å². The first-order valence-electron chi connectivity index (χ1n) is 6.09. The van der Waals surface area contributed by atoms with Crippen LogP contribution >= 0.6 is 0 Å². The third kappa shape index (κ3) is 2.66. The Hall–Kier alpha value is -2.14. The lowest BCUT2D eigenvalue weighted by Crippen LogP contribution is -2.16. The van der Waals surface area contributed by atoms with Crippen molar-refractivity contribution in [2.45, 2.75) is 26.3 Å². The van der Waals surface area contributed by atoms with Gasteiger partial charge in [0.15, 0.2) is 0 Å². The highest BCUT2D eigenvalue weighted by Crippen LogP contribution is 2.24. The van der Waals surface area contributed by atoms with Gasteiger partial charge < -0.3 is 10.8 Å². The van der Waals surface area contributed by atoms with Crippen LogP contribution in [0.3, 0.4) is 0 Å². The van der Waals surface area contributed by atoms with Gasteiger partial charge in [-0.1, -0.05) is 18.2 Å². The van der Waals surface area contributed by atoms with Gasteiger partial charge in [-0.05, 0) is 26.0 Å². The number of carboxylic acid groups (broad SMARTS) is 1. The van der Waals surface area contributed by atoms with Gasteiger partial charge in [-0.25, -0.2) is 4.68 Å². The summed E-state index contributed by atoms with van der Waals surface area (Å²) in [5.74, 6) is -0.904. The van der Waals surface area contributed by atoms with Gasteiger partial charge >= 0.3 is 5.97 Å². The van der Waals surface area contributed by atoms with Gasteiger partial charge in [-0.2, -0.15) is 5.10 Å². The average Bonchev–Trinajstić information content (AvgIpc) is 2.65. The summed E-state index contributed by atoms with van der Waals surface area (Å²) in [4.78, 5) is 10.8. The smallest absolute Gasteiger partial charge is 0.305 e. The number of aryl methyl sites for hydroxylation is 1. The molecule has 0 fully saturated rings. The van der Waals surface area contributed by atoms with E-state index in [2.05, 4.69) is 5.10 Å². The summed E-state index contributed by atoms with van der Waals surface area (Å²) in [6, 6.07) is 9.17. The monoisotopic (exact) mass is 259 g/mol. The van der Waals surface area contributed by atoms with E-state index in [1.165, 1.54) is 0 Å². The Bertz CT molecular complexity index is 590. The Labute approximate surface area is 111 Å². The molecule has 2 rings (SSSR count). The molecule has 0 amide bonds. The third-order valence-electron chi connectivity index (χ3n) is 3.11. The van der Waals surface area contributed by atoms with Crippen LogP contribution in [0.4, 0.5) is 0 Å². The number of carbonyl (C=O) groups is 1. The number of hydrogen-bond donors (Lipinski definition) is 2. The number of nitrogens with zero attached hydrogens (tertiary/aromatic N) is 2. The molecule has 1 heterocycles. The Kier molecular flexibility index (Phi) is 3.66. The highest BCUT2D eigenvalue weighted by molar-refractivity contribution is 5.68. The molecule has 0 aliphatic heterocycles. The zero-order chi connectivity index (χ0) is 14.0. The highest BCUT2D eigenvalue weighted by atomic mass is 16.4. The zero-order valence-electron chi connectivity index (χ0n) is 11.0. The molecule has 0 spiro atoms. The molecule has 3 N–H and O–H groups in total. The maximum absolute atomic E-state index is 10.8. The first-order valence-corrected chi connectivity index (χ1v) is 6.09. The van der Waals surface area contributed by atoms with Gasteiger partial charge in [-0.3, -0.25) is 4.79 Å². The second-order valence-electron chi connectivity index (χ2n) is 4.54. The molecule has 0 radical (unpaired) electrons. The van der Waals surface area contributed by atoms with E-state index < -0.39 is 12.0 Å². The highest BCUT2D eigenvalue weighted by Gasteiger charge is 2.20. The number of benzene rings is 1. The van der Waals surface area contributed by atoms with Crippen LogP contribution in [-0.2, 0) is 4.79 Å². The van der Waals surface area contributed by atoms with Crippen molar-refractivity contribution in [3.05, 3.63) is 47.3 Å². The number of carboxylic acids is 1. The molecule has 1 atom stereocenters. The van der Waals surface area contributed by atoms with Crippen LogP contribution in [0.2, 0.25) is 0 Å². The molecule has 1 aromatic heterocycles. The summed E-state index contributed by atoms with van der Waals surface area (Å²) in [7, 11) is 0. The van der Waals surface area contributed by atoms with Crippen molar-refractivity contribution in [3.63, 3.8) is 0 Å². The Morgan fingerprint density at radius 1 is 1.37 bits per heavy atom. The third-order valence-corrected chi connectivity index (χ3v) is 3.11. The molecular weight excluding hydrogens is 242 g/mol. The number of nitrogens with two attached hydrogens (primary N) is 1. The first kappa shape index (κ1) is 13.3. The minimum atomic E-state index is -0.904. The fourth-order valence-electron chi connectivity index (χ4n) is 2.30. The van der Waals surface area contributed by atoms with Crippen molar-refractivity contribution in [1.29, 1.82) is 0 Å². The molecule has 0 aliphatic carbocycles. The second kappa shape index (κ2) is 5.24. The molecule has 19 heavy (non-hydrogen) atoms. The largest absolute Gasteiger partial charge is 0.481 e. The molecule has 0 bridgehead atoms. The molecule has 2 aromatic rings. The fraction of sp³-hybridized carbons (Fsp3) is 0.286. The van der Waals surface area contributed by atoms with E-state index in [0.29, 0.717) is 0 Å². The van der Waals surface area contributed by atoms with Gasteiger partial charge in [0.2, 0.25) is 0 Å². The second-order valence-corrected chi connectivity index (χ2v) is 4.54. The van der Waals surface area contributed by atoms with E-state index in [1.807, 2.05) is 44.2 Å². The van der Waals surface area contributed by atoms with Crippen molar-refractivity contribution in [2.75, 3.05) is 0 Å². The number of rotatable bonds is 4. The van der Waals surface area contributed by atoms with Crippen LogP contribution in [0.25, 0.3) is 5.69 Å². The van der Waals surface area contributed by atoms with E-state index in [9.17, 15) is 4.79 Å². The SMILES string of the molecule is Cc1nn(-c2ccccc2)c(C)c1C(N)CC(=O)O. The van der Waals surface area contributed by atoms with E-state index in [-0.39, 0.29) is 6.42 Å². The van der Waals surface area contributed by atoms with Crippen molar-refractivity contribution in [3.8, 4) is 5.69 Å². The molecule has 0 aliphatic rings. The van der Waals surface area contributed by atoms with Gasteiger partial charge in [-0.15, -0.1) is 0 Å². The summed E-state index contributed by atoms with van der Waals surface area (Å²) in [5, 5.41) is 13.3. The summed E-state index contributed by atoms with van der Waals surface area (Å²) in [5.41, 5.74) is 9.37. The molecule has 1 aromatic carbocycles. The topological polar surface area (TPSA) is 81.1 Å². The number of para-hydroxylation sites is 1. The summed E-state index contributed by atoms with van der Waals surface area (Å²) in [6.45, 7) is 3.76. The number of hydrogen-bond acceptors (Lipinski definition) is 3. The standard InChI is InChI=1S/C14H17N3O2/c1-9-14(12(15)8-13(18)19)10(2)17(16-9)11-6-4-3-5-7-11/h3-7,12H,8,15H2,1-2H3,(H,18,19). The van der Waals surface area contributed by atoms with Gasteiger partial charge in [0, 0.05) is 17.3 Å². The summed E-state index contributed by atoms with van der Waals surface area (Å²) in [6.07, 6.45) is -0.0951. The molecular formula is C14H17N3O2. The normalized spacial score (nSPS) is 12.4. The maximum atomic E-state index is 10.8. The molecule has 5 heteroatoms. The number of aliphatic carboxylic acids is 1. The van der Waals surface area contributed by atoms with Crippen LogP contribution in [0.1, 0.15) is 29.4 Å². The Morgan fingerprint density at radius 3 is 2.58 bits per heavy atom. The van der Waals surface area contributed by atoms with E-state index in [1.54, 1.807) is 4.68 Å². The predicted molar refractivity (Wildman–Crippen MR) is 72.2 cm³/mol. The molecule has 100 valence electrons. The zero-order valence-corrected chi connectivity index (χ0v) is 11.0. The average molecular weight is 259 g/mol. The lowest BCUT2D eigenvalue weighted by Gasteiger charge is -2.10. The van der Waals surface area contributed by atoms with Crippen LogP contribution in [0, 0.1) is 13.8 Å². The van der Waals surface area contributed by atoms with E-state index in [0.717, 1.165) is 22.6 Å². The first-order chi connectivity index (χ1) is 9.00. The van der Waals surface area contributed by atoms with E-state index >= 15 is 0 Å². The van der Waals surface area contributed by atoms with Crippen LogP contribution in [0.5, 0.6) is 0 Å². The van der Waals surface area contributed by atoms with Crippen LogP contribution in [-0.4, -0.2) is 20.9 Å². The number of aromatic nitrogens is 2. The Morgan fingerprint density at radius 2 is 2.00 bits per heavy atom. The van der Waals surface area contributed by atoms with Crippen LogP contribution < -0.4 is 5.73 Å². The lowest BCUT2D eigenvalue weighted by atomic mass is 10.0. The fourth-order valence-corrected chi connectivity index (χ4v) is 2.30. The predicted octanol–water partition coefficient (Wildman–Crippen LogP) is 1.96. The molecule has 0 saturated carbocycles. The summed E-state index contributed by atoms with van der Waals surface area (Å²) >= 11 is 0. The van der Waals surface area contributed by atoms with Crippen molar-refractivity contribution in [2.24, 2.45) is 5.73 Å². The lowest BCUT2D eigenvalue weighted by molar-refractivity contribution is -0.137. The van der Waals surface area contributed by atoms with Crippen molar-refractivity contribution in [1.82, 2.24) is 9.78 Å². The molecule has 0 saturated heterocycles. The molecule has 1 unspecified atom stereocenters. The molecule has 5 nitrogen and oxygen atoms in total.